The molecule has 0 aliphatic carbocycles. The van der Waals surface area contributed by atoms with E-state index in [1.807, 2.05) is 0 Å². The molecule has 3 aromatic rings. The predicted octanol–water partition coefficient (Wildman–Crippen LogP) is 3.07. The summed E-state index contributed by atoms with van der Waals surface area (Å²) in [5, 5.41) is 14.2. The van der Waals surface area contributed by atoms with E-state index in [9.17, 15) is 14.4 Å². The van der Waals surface area contributed by atoms with E-state index in [0.29, 0.717) is 60.6 Å². The van der Waals surface area contributed by atoms with Crippen LogP contribution in [-0.2, 0) is 30.4 Å². The lowest BCUT2D eigenvalue weighted by Crippen LogP contribution is -2.26. The first kappa shape index (κ1) is 29.4. The molecule has 14 nitrogen and oxygen atoms in total. The predicted molar refractivity (Wildman–Crippen MR) is 149 cm³/mol. The standard InChI is InChI=1S/C28H30FN7O7/c1-40-27(38)30-9-3-2-4-26(37)41-17-20-13-25(33-43-20)24-8-5-18(14-31-24)22-7-6-19(12-23(22)29)36-16-21(42-28(36)39)15-35-11-10-32-34-35/h5-8,10-12,14,20-21H,2-4,9,13,15-17H2,1H3,(H,30,38)/t20-,21-/m0/s1. The first-order valence-corrected chi connectivity index (χ1v) is 13.7. The second kappa shape index (κ2) is 13.7. The molecule has 0 spiro atoms. The van der Waals surface area contributed by atoms with Crippen molar-refractivity contribution in [3.63, 3.8) is 0 Å². The van der Waals surface area contributed by atoms with Gasteiger partial charge in [0, 0.05) is 42.9 Å². The van der Waals surface area contributed by atoms with E-state index < -0.39 is 30.2 Å². The first-order chi connectivity index (χ1) is 20.9. The van der Waals surface area contributed by atoms with Gasteiger partial charge >= 0.3 is 18.2 Å². The van der Waals surface area contributed by atoms with Crippen molar-refractivity contribution in [1.29, 1.82) is 0 Å². The molecule has 1 aromatic carbocycles. The summed E-state index contributed by atoms with van der Waals surface area (Å²) in [7, 11) is 1.29. The topological polar surface area (TPSA) is 159 Å². The normalized spacial score (nSPS) is 17.7. The zero-order chi connectivity index (χ0) is 30.2. The molecule has 2 atom stereocenters. The summed E-state index contributed by atoms with van der Waals surface area (Å²) < 4.78 is 31.9. The van der Waals surface area contributed by atoms with Gasteiger partial charge in [0.1, 0.15) is 24.2 Å². The van der Waals surface area contributed by atoms with Crippen molar-refractivity contribution in [3.8, 4) is 11.1 Å². The molecule has 4 heterocycles. The molecule has 15 heteroatoms. The highest BCUT2D eigenvalue weighted by Gasteiger charge is 2.33. The number of aromatic nitrogens is 4. The number of hydrogen-bond donors (Lipinski definition) is 1. The summed E-state index contributed by atoms with van der Waals surface area (Å²) >= 11 is 0. The van der Waals surface area contributed by atoms with Gasteiger partial charge in [0.2, 0.25) is 0 Å². The number of cyclic esters (lactones) is 1. The average Bonchev–Trinajstić information content (AvgIpc) is 3.78. The maximum Gasteiger partial charge on any atom is 0.414 e. The number of carbonyl (C=O) groups is 3. The summed E-state index contributed by atoms with van der Waals surface area (Å²) in [5.74, 6) is -0.874. The van der Waals surface area contributed by atoms with Crippen LogP contribution in [0.3, 0.4) is 0 Å². The van der Waals surface area contributed by atoms with Crippen LogP contribution in [0.1, 0.15) is 31.4 Å². The molecule has 43 heavy (non-hydrogen) atoms. The number of esters is 1. The number of methoxy groups -OCH3 is 1. The molecule has 1 fully saturated rings. The van der Waals surface area contributed by atoms with Gasteiger partial charge in [-0.05, 0) is 37.1 Å². The maximum atomic E-state index is 15.1. The number of hydrogen-bond acceptors (Lipinski definition) is 11. The number of nitrogens with one attached hydrogen (secondary N) is 1. The van der Waals surface area contributed by atoms with E-state index in [-0.39, 0.29) is 25.5 Å². The zero-order valence-corrected chi connectivity index (χ0v) is 23.3. The second-order valence-corrected chi connectivity index (χ2v) is 9.87. The highest BCUT2D eigenvalue weighted by atomic mass is 19.1. The number of anilines is 1. The van der Waals surface area contributed by atoms with E-state index in [0.717, 1.165) is 0 Å². The average molecular weight is 596 g/mol. The summed E-state index contributed by atoms with van der Waals surface area (Å²) in [6, 6.07) is 7.99. The van der Waals surface area contributed by atoms with Crippen LogP contribution < -0.4 is 10.2 Å². The summed E-state index contributed by atoms with van der Waals surface area (Å²) in [5.41, 5.74) is 2.41. The van der Waals surface area contributed by atoms with Gasteiger partial charge in [0.05, 0.1) is 37.8 Å². The molecule has 0 radical (unpaired) electrons. The number of oxime groups is 1. The smallest absolute Gasteiger partial charge is 0.414 e. The fourth-order valence-corrected chi connectivity index (χ4v) is 4.58. The third-order valence-corrected chi connectivity index (χ3v) is 6.80. The summed E-state index contributed by atoms with van der Waals surface area (Å²) in [6.07, 6.45) is 4.62. The molecule has 1 saturated heterocycles. The summed E-state index contributed by atoms with van der Waals surface area (Å²) in [4.78, 5) is 46.6. The Bertz CT molecular complexity index is 1470. The molecule has 2 aliphatic heterocycles. The van der Waals surface area contributed by atoms with Gasteiger partial charge < -0.3 is 24.4 Å². The Hall–Kier alpha value is -5.08. The number of nitrogens with zero attached hydrogens (tertiary/aromatic N) is 6. The number of unbranched alkanes of at least 4 members (excludes halogenated alkanes) is 1. The Morgan fingerprint density at radius 2 is 2.07 bits per heavy atom. The molecule has 5 rings (SSSR count). The van der Waals surface area contributed by atoms with Gasteiger partial charge in [-0.3, -0.25) is 14.7 Å². The van der Waals surface area contributed by atoms with E-state index >= 15 is 4.39 Å². The van der Waals surface area contributed by atoms with Crippen LogP contribution in [0.4, 0.5) is 19.7 Å². The highest BCUT2D eigenvalue weighted by Crippen LogP contribution is 2.29. The minimum absolute atomic E-state index is 0.0493. The Morgan fingerprint density at radius 1 is 1.19 bits per heavy atom. The van der Waals surface area contributed by atoms with E-state index in [1.54, 1.807) is 35.1 Å². The number of halogens is 1. The molecular weight excluding hydrogens is 565 g/mol. The first-order valence-electron chi connectivity index (χ1n) is 13.7. The number of alkyl carbamates (subject to hydrolysis) is 1. The van der Waals surface area contributed by atoms with Crippen LogP contribution in [0.5, 0.6) is 0 Å². The fourth-order valence-electron chi connectivity index (χ4n) is 4.58. The molecule has 2 amide bonds. The van der Waals surface area contributed by atoms with Gasteiger partial charge in [-0.25, -0.2) is 18.7 Å². The Balaban J connectivity index is 1.09. The van der Waals surface area contributed by atoms with Gasteiger partial charge in [-0.15, -0.1) is 5.10 Å². The molecular formula is C28H30FN7O7. The number of rotatable bonds is 12. The van der Waals surface area contributed by atoms with Crippen molar-refractivity contribution in [1.82, 2.24) is 25.3 Å². The summed E-state index contributed by atoms with van der Waals surface area (Å²) in [6.45, 7) is 1.07. The molecule has 1 N–H and O–H groups in total. The van der Waals surface area contributed by atoms with E-state index in [2.05, 4.69) is 30.5 Å². The quantitative estimate of drug-likeness (QED) is 0.187. The highest BCUT2D eigenvalue weighted by molar-refractivity contribution is 5.99. The van der Waals surface area contributed by atoms with Crippen LogP contribution >= 0.6 is 0 Å². The van der Waals surface area contributed by atoms with Crippen LogP contribution in [0.15, 0.2) is 54.1 Å². The van der Waals surface area contributed by atoms with Gasteiger partial charge in [0.25, 0.3) is 0 Å². The Kier molecular flexibility index (Phi) is 9.39. The van der Waals surface area contributed by atoms with Gasteiger partial charge in [-0.2, -0.15) is 0 Å². The van der Waals surface area contributed by atoms with Crippen molar-refractivity contribution in [3.05, 3.63) is 60.4 Å². The Labute approximate surface area is 245 Å². The van der Waals surface area contributed by atoms with Gasteiger partial charge in [0.15, 0.2) is 6.10 Å². The van der Waals surface area contributed by atoms with E-state index in [4.69, 9.17) is 14.3 Å². The third-order valence-electron chi connectivity index (χ3n) is 6.80. The molecule has 0 bridgehead atoms. The van der Waals surface area contributed by atoms with Crippen molar-refractivity contribution in [2.75, 3.05) is 31.7 Å². The maximum absolute atomic E-state index is 15.1. The number of amides is 2. The molecule has 2 aromatic heterocycles. The van der Waals surface area contributed by atoms with Crippen molar-refractivity contribution >= 4 is 29.6 Å². The Morgan fingerprint density at radius 3 is 2.81 bits per heavy atom. The van der Waals surface area contributed by atoms with Gasteiger partial charge in [-0.1, -0.05) is 16.4 Å². The number of benzene rings is 1. The molecule has 2 aliphatic rings. The number of carbonyl (C=O) groups excluding carboxylic acids is 3. The van der Waals surface area contributed by atoms with Crippen LogP contribution in [0, 0.1) is 5.82 Å². The van der Waals surface area contributed by atoms with Crippen LogP contribution in [-0.4, -0.2) is 82.9 Å². The van der Waals surface area contributed by atoms with Crippen molar-refractivity contribution in [2.24, 2.45) is 5.16 Å². The lowest BCUT2D eigenvalue weighted by molar-refractivity contribution is -0.147. The molecule has 226 valence electrons. The second-order valence-electron chi connectivity index (χ2n) is 9.87. The van der Waals surface area contributed by atoms with Crippen LogP contribution in [0.25, 0.3) is 11.1 Å². The number of pyridine rings is 1. The van der Waals surface area contributed by atoms with Crippen molar-refractivity contribution < 1.29 is 37.8 Å². The minimum Gasteiger partial charge on any atom is -0.462 e. The van der Waals surface area contributed by atoms with Crippen LogP contribution in [0.2, 0.25) is 0 Å². The number of ether oxygens (including phenoxy) is 3. The molecule has 0 saturated carbocycles. The monoisotopic (exact) mass is 595 g/mol. The van der Waals surface area contributed by atoms with Crippen molar-refractivity contribution in [2.45, 2.75) is 44.4 Å². The molecule has 0 unspecified atom stereocenters. The minimum atomic E-state index is -0.555. The largest absolute Gasteiger partial charge is 0.462 e. The SMILES string of the molecule is COC(=O)NCCCCC(=O)OC[C@@H]1CC(c2ccc(-c3ccc(N4C[C@H](Cn5ccnn5)OC4=O)cc3F)cn2)=NO1. The fraction of sp³-hybridized carbons (Fsp3) is 0.393. The third kappa shape index (κ3) is 7.61. The lowest BCUT2D eigenvalue weighted by Gasteiger charge is -2.14. The van der Waals surface area contributed by atoms with E-state index in [1.165, 1.54) is 30.5 Å². The lowest BCUT2D eigenvalue weighted by atomic mass is 10.0. The zero-order valence-electron chi connectivity index (χ0n) is 23.3.